The second kappa shape index (κ2) is 11.7. The number of nitrogens with one attached hydrogen (secondary N) is 1. The molecule has 1 aromatic heterocycles. The molecule has 2 aromatic rings. The quantitative estimate of drug-likeness (QED) is 0.245. The highest BCUT2D eigenvalue weighted by Crippen LogP contribution is 2.39. The van der Waals surface area contributed by atoms with Gasteiger partial charge in [0.2, 0.25) is 5.91 Å². The number of halogens is 1. The number of anilines is 1. The molecular weight excluding hydrogens is 524 g/mol. The van der Waals surface area contributed by atoms with Crippen molar-refractivity contribution in [2.24, 2.45) is 0 Å². The van der Waals surface area contributed by atoms with Gasteiger partial charge in [-0.2, -0.15) is 0 Å². The molecule has 2 heterocycles. The van der Waals surface area contributed by atoms with E-state index >= 15 is 0 Å². The fourth-order valence-electron chi connectivity index (χ4n) is 4.09. The molecule has 0 unspecified atom stereocenters. The van der Waals surface area contributed by atoms with E-state index in [-0.39, 0.29) is 30.8 Å². The topological polar surface area (TPSA) is 75.7 Å². The highest BCUT2D eigenvalue weighted by Gasteiger charge is 2.32. The Balaban J connectivity index is 1.36. The fraction of sp³-hybridized carbons (Fsp3) is 0.360. The Morgan fingerprint density at radius 2 is 2.03 bits per heavy atom. The summed E-state index contributed by atoms with van der Waals surface area (Å²) >= 11 is 14.3. The van der Waals surface area contributed by atoms with Crippen molar-refractivity contribution in [3.63, 3.8) is 0 Å². The van der Waals surface area contributed by atoms with Crippen LogP contribution < -0.4 is 5.32 Å². The number of esters is 1. The lowest BCUT2D eigenvalue weighted by Crippen LogP contribution is -2.29. The van der Waals surface area contributed by atoms with Gasteiger partial charge in [0.25, 0.3) is 5.91 Å². The maximum Gasteiger partial charge on any atom is 0.341 e. The molecule has 1 aliphatic heterocycles. The van der Waals surface area contributed by atoms with Gasteiger partial charge < -0.3 is 10.1 Å². The van der Waals surface area contributed by atoms with E-state index in [9.17, 15) is 14.4 Å². The minimum absolute atomic E-state index is 0.184. The zero-order valence-electron chi connectivity index (χ0n) is 19.2. The monoisotopic (exact) mass is 548 g/mol. The number of aryl methyl sites for hydroxylation is 1. The first-order valence-corrected chi connectivity index (χ1v) is 13.9. The third-order valence-corrected chi connectivity index (χ3v) is 8.68. The van der Waals surface area contributed by atoms with E-state index < -0.39 is 0 Å². The normalized spacial score (nSPS) is 16.5. The summed E-state index contributed by atoms with van der Waals surface area (Å²) in [6.07, 6.45) is 6.23. The van der Waals surface area contributed by atoms with Gasteiger partial charge in [0, 0.05) is 22.9 Å². The molecule has 1 fully saturated rings. The molecule has 6 nitrogen and oxygen atoms in total. The summed E-state index contributed by atoms with van der Waals surface area (Å²) in [6.45, 7) is 2.39. The summed E-state index contributed by atoms with van der Waals surface area (Å²) in [7, 11) is 0. The van der Waals surface area contributed by atoms with Crippen LogP contribution in [0.1, 0.15) is 59.0 Å². The first-order chi connectivity index (χ1) is 16.9. The summed E-state index contributed by atoms with van der Waals surface area (Å²) in [6, 6.07) is 7.29. The van der Waals surface area contributed by atoms with Crippen molar-refractivity contribution in [1.82, 2.24) is 4.90 Å². The van der Waals surface area contributed by atoms with Crippen LogP contribution in [0.15, 0.2) is 29.2 Å². The Bertz CT molecular complexity index is 1210. The van der Waals surface area contributed by atoms with Gasteiger partial charge in [-0.3, -0.25) is 14.5 Å². The van der Waals surface area contributed by atoms with Crippen LogP contribution in [0.3, 0.4) is 0 Å². The number of thiophene rings is 1. The Labute approximate surface area is 223 Å². The lowest BCUT2D eigenvalue weighted by atomic mass is 9.95. The number of carbonyl (C=O) groups is 3. The summed E-state index contributed by atoms with van der Waals surface area (Å²) in [4.78, 5) is 41.3. The number of rotatable bonds is 8. The predicted molar refractivity (Wildman–Crippen MR) is 146 cm³/mol. The number of hydrogen-bond acceptors (Lipinski definition) is 7. The molecule has 2 amide bonds. The highest BCUT2D eigenvalue weighted by atomic mass is 35.5. The Hall–Kier alpha value is -2.20. The molecular formula is C25H25ClN2O4S3. The lowest BCUT2D eigenvalue weighted by Gasteiger charge is -2.14. The maximum absolute atomic E-state index is 12.8. The highest BCUT2D eigenvalue weighted by molar-refractivity contribution is 8.26. The zero-order valence-corrected chi connectivity index (χ0v) is 22.4. The molecule has 184 valence electrons. The largest absolute Gasteiger partial charge is 0.462 e. The van der Waals surface area contributed by atoms with E-state index in [4.69, 9.17) is 28.6 Å². The summed E-state index contributed by atoms with van der Waals surface area (Å²) in [5.74, 6) is -0.771. The second-order valence-electron chi connectivity index (χ2n) is 8.14. The van der Waals surface area contributed by atoms with Crippen LogP contribution in [-0.2, 0) is 27.2 Å². The number of thioether (sulfide) groups is 1. The second-order valence-corrected chi connectivity index (χ2v) is 11.3. The Morgan fingerprint density at radius 1 is 1.26 bits per heavy atom. The van der Waals surface area contributed by atoms with E-state index in [0.29, 0.717) is 37.8 Å². The van der Waals surface area contributed by atoms with Crippen LogP contribution in [0, 0.1) is 0 Å². The molecule has 1 aromatic carbocycles. The van der Waals surface area contributed by atoms with Crippen LogP contribution in [0.5, 0.6) is 0 Å². The van der Waals surface area contributed by atoms with Crippen LogP contribution in [-0.4, -0.2) is 40.2 Å². The zero-order chi connectivity index (χ0) is 24.9. The molecule has 0 radical (unpaired) electrons. The number of nitrogens with zero attached hydrogens (tertiary/aromatic N) is 1. The number of amides is 2. The van der Waals surface area contributed by atoms with E-state index in [1.165, 1.54) is 28.0 Å². The number of carbonyl (C=O) groups excluding carboxylic acids is 3. The van der Waals surface area contributed by atoms with Crippen molar-refractivity contribution in [1.29, 1.82) is 0 Å². The first-order valence-electron chi connectivity index (χ1n) is 11.5. The van der Waals surface area contributed by atoms with E-state index in [1.54, 1.807) is 19.1 Å². The van der Waals surface area contributed by atoms with Gasteiger partial charge in [-0.15, -0.1) is 11.3 Å². The molecule has 2 aliphatic rings. The number of thiocarbonyl (C=S) groups is 1. The van der Waals surface area contributed by atoms with Crippen molar-refractivity contribution >= 4 is 80.1 Å². The molecule has 0 atom stereocenters. The third-order valence-electron chi connectivity index (χ3n) is 5.75. The van der Waals surface area contributed by atoms with Crippen molar-refractivity contribution in [3.05, 3.63) is 55.8 Å². The average molecular weight is 549 g/mol. The van der Waals surface area contributed by atoms with Gasteiger partial charge in [-0.1, -0.05) is 53.8 Å². The van der Waals surface area contributed by atoms with Crippen molar-refractivity contribution < 1.29 is 19.1 Å². The first kappa shape index (κ1) is 25.9. The van der Waals surface area contributed by atoms with Gasteiger partial charge in [0.15, 0.2) is 0 Å². The Kier molecular flexibility index (Phi) is 8.64. The minimum atomic E-state index is -0.384. The summed E-state index contributed by atoms with van der Waals surface area (Å²) < 4.78 is 5.71. The van der Waals surface area contributed by atoms with Gasteiger partial charge in [-0.05, 0) is 62.3 Å². The SMILES string of the molecule is CCOC(=O)c1c(NC(=O)CCCN2C(=O)/C(=C\c3ccccc3Cl)SC2=S)sc2c1CCCC2. The average Bonchev–Trinajstić information content (AvgIpc) is 3.32. The minimum Gasteiger partial charge on any atom is -0.462 e. The van der Waals surface area contributed by atoms with E-state index in [0.717, 1.165) is 41.7 Å². The standard InChI is InChI=1S/C25H25ClN2O4S3/c1-2-32-24(31)21-16-9-4-6-11-18(16)34-22(21)27-20(29)12-7-13-28-23(30)19(35-25(28)33)14-15-8-3-5-10-17(15)26/h3,5,8,10,14H,2,4,6-7,9,11-13H2,1H3,(H,27,29)/b19-14+. The van der Waals surface area contributed by atoms with Crippen LogP contribution >= 0.6 is 46.9 Å². The lowest BCUT2D eigenvalue weighted by molar-refractivity contribution is -0.122. The fourth-order valence-corrected chi connectivity index (χ4v) is 6.87. The molecule has 0 saturated carbocycles. The van der Waals surface area contributed by atoms with Gasteiger partial charge in [0.05, 0.1) is 17.1 Å². The van der Waals surface area contributed by atoms with Gasteiger partial charge >= 0.3 is 5.97 Å². The summed E-state index contributed by atoms with van der Waals surface area (Å²) in [5.41, 5.74) is 2.27. The van der Waals surface area contributed by atoms with Crippen LogP contribution in [0.4, 0.5) is 5.00 Å². The number of benzene rings is 1. The molecule has 1 N–H and O–H groups in total. The van der Waals surface area contributed by atoms with Crippen molar-refractivity contribution in [3.8, 4) is 0 Å². The molecule has 1 aliphatic carbocycles. The van der Waals surface area contributed by atoms with Gasteiger partial charge in [0.1, 0.15) is 9.32 Å². The molecule has 4 rings (SSSR count). The number of hydrogen-bond donors (Lipinski definition) is 1. The van der Waals surface area contributed by atoms with Crippen LogP contribution in [0.25, 0.3) is 6.08 Å². The number of fused-ring (bicyclic) bond motifs is 1. The molecule has 35 heavy (non-hydrogen) atoms. The third kappa shape index (κ3) is 5.97. The van der Waals surface area contributed by atoms with E-state index in [1.807, 2.05) is 18.2 Å². The van der Waals surface area contributed by atoms with E-state index in [2.05, 4.69) is 5.32 Å². The van der Waals surface area contributed by atoms with Crippen LogP contribution in [0.2, 0.25) is 5.02 Å². The smallest absolute Gasteiger partial charge is 0.341 e. The number of ether oxygens (including phenoxy) is 1. The van der Waals surface area contributed by atoms with Crippen molar-refractivity contribution in [2.75, 3.05) is 18.5 Å². The Morgan fingerprint density at radius 3 is 2.80 bits per heavy atom. The van der Waals surface area contributed by atoms with Gasteiger partial charge in [-0.25, -0.2) is 4.79 Å². The summed E-state index contributed by atoms with van der Waals surface area (Å²) in [5, 5.41) is 4.04. The molecule has 1 saturated heterocycles. The van der Waals surface area contributed by atoms with Crippen molar-refractivity contribution in [2.45, 2.75) is 45.4 Å². The predicted octanol–water partition coefficient (Wildman–Crippen LogP) is 6.08. The maximum atomic E-state index is 12.8. The molecule has 0 bridgehead atoms. The molecule has 10 heteroatoms. The molecule has 0 spiro atoms.